The molecule has 3 heterocycles. The molecule has 1 aliphatic heterocycles. The summed E-state index contributed by atoms with van der Waals surface area (Å²) in [4.78, 5) is 16.7. The van der Waals surface area contributed by atoms with Crippen molar-refractivity contribution >= 4 is 26.8 Å². The van der Waals surface area contributed by atoms with Crippen molar-refractivity contribution in [3.63, 3.8) is 0 Å². The smallest absolute Gasteiger partial charge is 0.408 e. The van der Waals surface area contributed by atoms with Crippen LogP contribution in [0.15, 0.2) is 61.1 Å². The molecule has 5 rings (SSSR count). The molecule has 0 spiro atoms. The molecule has 0 N–H and O–H groups in total. The van der Waals surface area contributed by atoms with Gasteiger partial charge in [-0.3, -0.25) is 8.87 Å². The van der Waals surface area contributed by atoms with Gasteiger partial charge in [-0.15, -0.1) is 0 Å². The molecule has 4 aromatic rings. The number of sulfonamides is 1. The van der Waals surface area contributed by atoms with Gasteiger partial charge in [0.2, 0.25) is 5.89 Å². The number of oxazole rings is 1. The SMILES string of the molecule is CCc1nc(Cn2c(=O)oc3cc(S(=O)(=O)N4c5ccccc5C[C@H]4C)ccc32)no1. The lowest BCUT2D eigenvalue weighted by Crippen LogP contribution is -2.35. The second-order valence-electron chi connectivity index (χ2n) is 7.52. The molecular formula is C21H20N4O5S. The van der Waals surface area contributed by atoms with Crippen molar-refractivity contribution in [2.75, 3.05) is 4.31 Å². The molecule has 0 bridgehead atoms. The fourth-order valence-corrected chi connectivity index (χ4v) is 5.72. The zero-order chi connectivity index (χ0) is 21.8. The number of hydrogen-bond acceptors (Lipinski definition) is 7. The van der Waals surface area contributed by atoms with Gasteiger partial charge in [0.25, 0.3) is 10.0 Å². The van der Waals surface area contributed by atoms with Gasteiger partial charge in [0.05, 0.1) is 22.6 Å². The van der Waals surface area contributed by atoms with Gasteiger partial charge < -0.3 is 8.94 Å². The Morgan fingerprint density at radius 2 is 2.00 bits per heavy atom. The van der Waals surface area contributed by atoms with Crippen molar-refractivity contribution in [3.8, 4) is 0 Å². The number of aromatic nitrogens is 3. The van der Waals surface area contributed by atoms with E-state index >= 15 is 0 Å². The Labute approximate surface area is 178 Å². The predicted molar refractivity (Wildman–Crippen MR) is 113 cm³/mol. The molecule has 31 heavy (non-hydrogen) atoms. The predicted octanol–water partition coefficient (Wildman–Crippen LogP) is 2.73. The number of hydrogen-bond donors (Lipinski definition) is 0. The summed E-state index contributed by atoms with van der Waals surface area (Å²) in [6.07, 6.45) is 1.24. The molecule has 0 saturated heterocycles. The molecule has 2 aromatic heterocycles. The van der Waals surface area contributed by atoms with Crippen molar-refractivity contribution in [1.82, 2.24) is 14.7 Å². The first-order valence-corrected chi connectivity index (χ1v) is 11.4. The Balaban J connectivity index is 1.54. The third-order valence-electron chi connectivity index (χ3n) is 5.45. The van der Waals surface area contributed by atoms with E-state index in [2.05, 4.69) is 10.1 Å². The van der Waals surface area contributed by atoms with Crippen molar-refractivity contribution in [3.05, 3.63) is 70.3 Å². The van der Waals surface area contributed by atoms with Crippen LogP contribution in [0.1, 0.15) is 31.1 Å². The number of fused-ring (bicyclic) bond motifs is 2. The second-order valence-corrected chi connectivity index (χ2v) is 9.34. The van der Waals surface area contributed by atoms with Crippen molar-refractivity contribution in [2.45, 2.75) is 44.2 Å². The van der Waals surface area contributed by atoms with Crippen LogP contribution in [-0.4, -0.2) is 29.2 Å². The first-order valence-electron chi connectivity index (χ1n) is 9.95. The zero-order valence-electron chi connectivity index (χ0n) is 17.0. The molecule has 10 heteroatoms. The minimum atomic E-state index is -3.83. The molecule has 0 unspecified atom stereocenters. The molecule has 0 amide bonds. The number of para-hydroxylation sites is 1. The number of nitrogens with zero attached hydrogens (tertiary/aromatic N) is 4. The fourth-order valence-electron chi connectivity index (χ4n) is 4.01. The van der Waals surface area contributed by atoms with E-state index in [1.54, 1.807) is 12.1 Å². The quantitative estimate of drug-likeness (QED) is 0.469. The summed E-state index contributed by atoms with van der Waals surface area (Å²) in [6, 6.07) is 11.7. The number of aryl methyl sites for hydroxylation is 1. The number of rotatable bonds is 5. The Morgan fingerprint density at radius 3 is 2.77 bits per heavy atom. The van der Waals surface area contributed by atoms with E-state index in [1.165, 1.54) is 21.0 Å². The van der Waals surface area contributed by atoms with Crippen molar-refractivity contribution in [2.24, 2.45) is 0 Å². The first-order chi connectivity index (χ1) is 14.9. The maximum Gasteiger partial charge on any atom is 0.420 e. The summed E-state index contributed by atoms with van der Waals surface area (Å²) in [6.45, 7) is 3.83. The standard InChI is InChI=1S/C21H20N4O5S/c1-3-20-22-19(23-30-20)12-24-17-9-8-15(11-18(17)29-21(24)26)31(27,28)25-13(2)10-14-6-4-5-7-16(14)25/h4-9,11,13H,3,10,12H2,1-2H3/t13-/m1/s1. The van der Waals surface area contributed by atoms with E-state index < -0.39 is 15.8 Å². The molecule has 0 saturated carbocycles. The molecule has 160 valence electrons. The van der Waals surface area contributed by atoms with Crippen molar-refractivity contribution < 1.29 is 17.4 Å². The summed E-state index contributed by atoms with van der Waals surface area (Å²) >= 11 is 0. The lowest BCUT2D eigenvalue weighted by atomic mass is 10.1. The molecule has 0 fully saturated rings. The molecule has 0 aliphatic carbocycles. The fraction of sp³-hybridized carbons (Fsp3) is 0.286. The van der Waals surface area contributed by atoms with Crippen LogP contribution in [0.4, 0.5) is 5.69 Å². The highest BCUT2D eigenvalue weighted by Crippen LogP contribution is 2.37. The van der Waals surface area contributed by atoms with Crippen LogP contribution >= 0.6 is 0 Å². The summed E-state index contributed by atoms with van der Waals surface area (Å²) < 4.78 is 40.1. The van der Waals surface area contributed by atoms with Crippen LogP contribution < -0.4 is 10.1 Å². The average molecular weight is 440 g/mol. The summed E-state index contributed by atoms with van der Waals surface area (Å²) in [5.41, 5.74) is 2.31. The van der Waals surface area contributed by atoms with E-state index in [0.717, 1.165) is 5.56 Å². The Bertz CT molecular complexity index is 1450. The van der Waals surface area contributed by atoms with Gasteiger partial charge >= 0.3 is 5.76 Å². The van der Waals surface area contributed by atoms with Gasteiger partial charge in [-0.1, -0.05) is 30.3 Å². The Hall–Kier alpha value is -3.40. The van der Waals surface area contributed by atoms with E-state index in [4.69, 9.17) is 8.94 Å². The van der Waals surface area contributed by atoms with Crippen LogP contribution in [0, 0.1) is 0 Å². The molecule has 9 nitrogen and oxygen atoms in total. The monoisotopic (exact) mass is 440 g/mol. The van der Waals surface area contributed by atoms with E-state index in [-0.39, 0.29) is 23.1 Å². The highest BCUT2D eigenvalue weighted by atomic mass is 32.2. The highest BCUT2D eigenvalue weighted by Gasteiger charge is 2.36. The van der Waals surface area contributed by atoms with Gasteiger partial charge in [0.1, 0.15) is 0 Å². The zero-order valence-corrected chi connectivity index (χ0v) is 17.8. The minimum absolute atomic E-state index is 0.0669. The van der Waals surface area contributed by atoms with Crippen LogP contribution in [0.3, 0.4) is 0 Å². The van der Waals surface area contributed by atoms with Crippen LogP contribution in [0.25, 0.3) is 11.1 Å². The first kappa shape index (κ1) is 19.6. The van der Waals surface area contributed by atoms with Gasteiger partial charge in [0.15, 0.2) is 11.4 Å². The van der Waals surface area contributed by atoms with Crippen LogP contribution in [0.2, 0.25) is 0 Å². The highest BCUT2D eigenvalue weighted by molar-refractivity contribution is 7.92. The lowest BCUT2D eigenvalue weighted by molar-refractivity contribution is 0.375. The largest absolute Gasteiger partial charge is 0.420 e. The normalized spacial score (nSPS) is 16.2. The molecule has 0 radical (unpaired) electrons. The molecular weight excluding hydrogens is 420 g/mol. The second kappa shape index (κ2) is 7.09. The summed E-state index contributed by atoms with van der Waals surface area (Å²) in [5.74, 6) is 0.206. The van der Waals surface area contributed by atoms with Gasteiger partial charge in [-0.05, 0) is 37.1 Å². The number of anilines is 1. The van der Waals surface area contributed by atoms with Gasteiger partial charge in [-0.2, -0.15) is 4.98 Å². The third-order valence-corrected chi connectivity index (χ3v) is 7.38. The lowest BCUT2D eigenvalue weighted by Gasteiger charge is -2.24. The maximum atomic E-state index is 13.4. The van der Waals surface area contributed by atoms with E-state index in [1.807, 2.05) is 32.0 Å². The molecule has 1 atom stereocenters. The Morgan fingerprint density at radius 1 is 1.19 bits per heavy atom. The topological polar surface area (TPSA) is 111 Å². The molecule has 1 aliphatic rings. The molecule has 2 aromatic carbocycles. The minimum Gasteiger partial charge on any atom is -0.408 e. The average Bonchev–Trinajstić information content (AvgIpc) is 3.43. The van der Waals surface area contributed by atoms with Crippen LogP contribution in [0.5, 0.6) is 0 Å². The summed E-state index contributed by atoms with van der Waals surface area (Å²) in [5, 5.41) is 3.86. The van der Waals surface area contributed by atoms with Gasteiger partial charge in [0, 0.05) is 18.5 Å². The van der Waals surface area contributed by atoms with E-state index in [9.17, 15) is 13.2 Å². The van der Waals surface area contributed by atoms with E-state index in [0.29, 0.717) is 35.8 Å². The Kier molecular flexibility index (Phi) is 4.47. The number of benzene rings is 2. The van der Waals surface area contributed by atoms with Crippen LogP contribution in [-0.2, 0) is 29.4 Å². The summed E-state index contributed by atoms with van der Waals surface area (Å²) in [7, 11) is -3.83. The van der Waals surface area contributed by atoms with Crippen molar-refractivity contribution in [1.29, 1.82) is 0 Å². The third kappa shape index (κ3) is 3.14. The maximum absolute atomic E-state index is 13.4. The van der Waals surface area contributed by atoms with Gasteiger partial charge in [-0.25, -0.2) is 13.2 Å².